The van der Waals surface area contributed by atoms with Crippen molar-refractivity contribution >= 4 is 17.7 Å². The van der Waals surface area contributed by atoms with Crippen LogP contribution in [0.2, 0.25) is 0 Å². The number of thioether (sulfide) groups is 1. The Labute approximate surface area is 94.3 Å². The molecule has 1 aromatic rings. The van der Waals surface area contributed by atoms with E-state index < -0.39 is 0 Å². The minimum atomic E-state index is -0.327. The smallest absolute Gasteiger partial charge is 0.323 e. The third-order valence-electron chi connectivity index (χ3n) is 1.74. The van der Waals surface area contributed by atoms with E-state index in [0.29, 0.717) is 6.61 Å². The minimum Gasteiger partial charge on any atom is -0.465 e. The van der Waals surface area contributed by atoms with Crippen molar-refractivity contribution in [2.45, 2.75) is 17.1 Å². The zero-order valence-electron chi connectivity index (χ0n) is 8.68. The van der Waals surface area contributed by atoms with Crippen molar-refractivity contribution in [3.8, 4) is 0 Å². The van der Waals surface area contributed by atoms with E-state index in [0.717, 1.165) is 4.90 Å². The van der Waals surface area contributed by atoms with E-state index >= 15 is 0 Å². The second-order valence-corrected chi connectivity index (χ2v) is 4.05. The lowest BCUT2D eigenvalue weighted by Gasteiger charge is -2.10. The van der Waals surface area contributed by atoms with Crippen LogP contribution in [-0.4, -0.2) is 17.8 Å². The van der Waals surface area contributed by atoms with Crippen LogP contribution in [0.1, 0.15) is 6.92 Å². The first-order valence-electron chi connectivity index (χ1n) is 4.78. The van der Waals surface area contributed by atoms with Crippen LogP contribution in [0.15, 0.2) is 47.9 Å². The van der Waals surface area contributed by atoms with Crippen LogP contribution in [0, 0.1) is 0 Å². The number of carbonyl (C=O) groups is 1. The first-order valence-corrected chi connectivity index (χ1v) is 5.66. The van der Waals surface area contributed by atoms with Gasteiger partial charge in [-0.2, -0.15) is 0 Å². The number of esters is 1. The summed E-state index contributed by atoms with van der Waals surface area (Å²) in [5, 5.41) is -0.327. The third-order valence-corrected chi connectivity index (χ3v) is 2.92. The highest BCUT2D eigenvalue weighted by Crippen LogP contribution is 2.24. The lowest BCUT2D eigenvalue weighted by atomic mass is 10.4. The zero-order valence-corrected chi connectivity index (χ0v) is 9.50. The van der Waals surface area contributed by atoms with E-state index in [9.17, 15) is 4.79 Å². The Hall–Kier alpha value is -1.22. The van der Waals surface area contributed by atoms with Crippen LogP contribution < -0.4 is 0 Å². The molecule has 15 heavy (non-hydrogen) atoms. The first-order chi connectivity index (χ1) is 7.27. The summed E-state index contributed by atoms with van der Waals surface area (Å²) < 4.78 is 4.94. The van der Waals surface area contributed by atoms with Gasteiger partial charge in [0, 0.05) is 4.90 Å². The molecule has 0 N–H and O–H groups in total. The second kappa shape index (κ2) is 6.30. The Kier molecular flexibility index (Phi) is 4.98. The van der Waals surface area contributed by atoms with Crippen molar-refractivity contribution in [1.29, 1.82) is 0 Å². The van der Waals surface area contributed by atoms with Gasteiger partial charge in [-0.05, 0) is 19.1 Å². The maximum Gasteiger partial charge on any atom is 0.323 e. The predicted octanol–water partition coefficient (Wildman–Crippen LogP) is 2.90. The van der Waals surface area contributed by atoms with Gasteiger partial charge in [0.25, 0.3) is 0 Å². The van der Waals surface area contributed by atoms with Gasteiger partial charge < -0.3 is 4.74 Å². The fraction of sp³-hybridized carbons (Fsp3) is 0.250. The van der Waals surface area contributed by atoms with Crippen LogP contribution in [0.25, 0.3) is 0 Å². The van der Waals surface area contributed by atoms with Gasteiger partial charge in [-0.3, -0.25) is 4.79 Å². The highest BCUT2D eigenvalue weighted by Gasteiger charge is 2.16. The molecule has 1 atom stereocenters. The molecule has 0 saturated heterocycles. The van der Waals surface area contributed by atoms with E-state index in [1.54, 1.807) is 13.0 Å². The summed E-state index contributed by atoms with van der Waals surface area (Å²) in [6.45, 7) is 5.84. The van der Waals surface area contributed by atoms with Gasteiger partial charge in [0.2, 0.25) is 0 Å². The number of hydrogen-bond acceptors (Lipinski definition) is 3. The molecule has 0 bridgehead atoms. The average Bonchev–Trinajstić information content (AvgIpc) is 2.27. The summed E-state index contributed by atoms with van der Waals surface area (Å²) in [4.78, 5) is 12.5. The Morgan fingerprint density at radius 2 is 2.20 bits per heavy atom. The van der Waals surface area contributed by atoms with Gasteiger partial charge in [-0.25, -0.2) is 0 Å². The summed E-state index contributed by atoms with van der Waals surface area (Å²) in [6.07, 6.45) is 1.61. The largest absolute Gasteiger partial charge is 0.465 e. The monoisotopic (exact) mass is 222 g/mol. The van der Waals surface area contributed by atoms with Gasteiger partial charge in [-0.15, -0.1) is 18.3 Å². The molecule has 2 nitrogen and oxygen atoms in total. The molecule has 0 aliphatic carbocycles. The molecule has 0 spiro atoms. The molecule has 3 heteroatoms. The minimum absolute atomic E-state index is 0.235. The van der Waals surface area contributed by atoms with Crippen LogP contribution in [-0.2, 0) is 9.53 Å². The van der Waals surface area contributed by atoms with E-state index in [4.69, 9.17) is 4.74 Å². The lowest BCUT2D eigenvalue weighted by molar-refractivity contribution is -0.141. The van der Waals surface area contributed by atoms with Crippen LogP contribution >= 0.6 is 11.8 Å². The highest BCUT2D eigenvalue weighted by molar-refractivity contribution is 8.00. The summed E-state index contributed by atoms with van der Waals surface area (Å²) in [5.74, 6) is -0.235. The molecule has 0 fully saturated rings. The van der Waals surface area contributed by atoms with Crippen molar-refractivity contribution in [2.24, 2.45) is 0 Å². The SMILES string of the molecule is C=CC(Sc1ccccc1)C(=O)OCC. The molecule has 0 saturated carbocycles. The molecule has 0 aromatic heterocycles. The summed E-state index contributed by atoms with van der Waals surface area (Å²) >= 11 is 1.44. The second-order valence-electron chi connectivity index (χ2n) is 2.84. The van der Waals surface area contributed by atoms with Crippen LogP contribution in [0.3, 0.4) is 0 Å². The van der Waals surface area contributed by atoms with Crippen molar-refractivity contribution in [1.82, 2.24) is 0 Å². The quantitative estimate of drug-likeness (QED) is 0.435. The molecule has 0 heterocycles. The van der Waals surface area contributed by atoms with Gasteiger partial charge in [0.05, 0.1) is 6.61 Å². The molecule has 80 valence electrons. The van der Waals surface area contributed by atoms with E-state index in [1.165, 1.54) is 11.8 Å². The van der Waals surface area contributed by atoms with E-state index in [2.05, 4.69) is 6.58 Å². The Balaban J connectivity index is 2.62. The third kappa shape index (κ3) is 3.80. The molecule has 0 radical (unpaired) electrons. The summed E-state index contributed by atoms with van der Waals surface area (Å²) in [7, 11) is 0. The highest BCUT2D eigenvalue weighted by atomic mass is 32.2. The Morgan fingerprint density at radius 1 is 1.53 bits per heavy atom. The molecule has 0 aliphatic heterocycles. The number of hydrogen-bond donors (Lipinski definition) is 0. The maximum atomic E-state index is 11.5. The fourth-order valence-electron chi connectivity index (χ4n) is 1.06. The van der Waals surface area contributed by atoms with E-state index in [1.807, 2.05) is 30.3 Å². The number of ether oxygens (including phenoxy) is 1. The van der Waals surface area contributed by atoms with Crippen molar-refractivity contribution < 1.29 is 9.53 Å². The zero-order chi connectivity index (χ0) is 11.1. The molecule has 1 rings (SSSR count). The van der Waals surface area contributed by atoms with Gasteiger partial charge >= 0.3 is 5.97 Å². The Bertz CT molecular complexity index is 322. The summed E-state index contributed by atoms with van der Waals surface area (Å²) in [5.41, 5.74) is 0. The van der Waals surface area contributed by atoms with Crippen molar-refractivity contribution in [3.05, 3.63) is 43.0 Å². The normalized spacial score (nSPS) is 11.8. The van der Waals surface area contributed by atoms with Gasteiger partial charge in [0.1, 0.15) is 5.25 Å². The van der Waals surface area contributed by atoms with Crippen LogP contribution in [0.5, 0.6) is 0 Å². The van der Waals surface area contributed by atoms with Gasteiger partial charge in [-0.1, -0.05) is 24.3 Å². The van der Waals surface area contributed by atoms with Crippen molar-refractivity contribution in [2.75, 3.05) is 6.61 Å². The molecular weight excluding hydrogens is 208 g/mol. The van der Waals surface area contributed by atoms with Gasteiger partial charge in [0.15, 0.2) is 0 Å². The molecule has 1 aromatic carbocycles. The number of benzene rings is 1. The number of carbonyl (C=O) groups excluding carboxylic acids is 1. The topological polar surface area (TPSA) is 26.3 Å². The lowest BCUT2D eigenvalue weighted by Crippen LogP contribution is -2.17. The molecule has 0 amide bonds. The standard InChI is InChI=1S/C12H14O2S/c1-3-11(12(13)14-4-2)15-10-8-6-5-7-9-10/h3,5-9,11H,1,4H2,2H3. The fourth-order valence-corrected chi connectivity index (χ4v) is 1.93. The average molecular weight is 222 g/mol. The maximum absolute atomic E-state index is 11.5. The predicted molar refractivity (Wildman–Crippen MR) is 62.9 cm³/mol. The molecule has 1 unspecified atom stereocenters. The van der Waals surface area contributed by atoms with E-state index in [-0.39, 0.29) is 11.2 Å². The van der Waals surface area contributed by atoms with Crippen molar-refractivity contribution in [3.63, 3.8) is 0 Å². The van der Waals surface area contributed by atoms with Crippen LogP contribution in [0.4, 0.5) is 0 Å². The molecular formula is C12H14O2S. The first kappa shape index (κ1) is 11.9. The summed E-state index contributed by atoms with van der Waals surface area (Å²) in [6, 6.07) is 9.74. The Morgan fingerprint density at radius 3 is 2.73 bits per heavy atom. The molecule has 0 aliphatic rings. The number of rotatable bonds is 5.